The zero-order valence-electron chi connectivity index (χ0n) is 11.7. The summed E-state index contributed by atoms with van der Waals surface area (Å²) in [6.45, 7) is 0.858. The monoisotopic (exact) mass is 283 g/mol. The minimum absolute atomic E-state index is 0.290. The van der Waals surface area contributed by atoms with E-state index in [1.807, 2.05) is 0 Å². The Morgan fingerprint density at radius 1 is 1.05 bits per heavy atom. The van der Waals surface area contributed by atoms with Crippen molar-refractivity contribution in [2.45, 2.75) is 51.4 Å². The Bertz CT molecular complexity index is 333. The molecular formula is C16H26ClNO. The predicted octanol–water partition coefficient (Wildman–Crippen LogP) is 3.58. The smallest absolute Gasteiger partial charge is 0.220 e. The third-order valence-corrected chi connectivity index (χ3v) is 6.30. The molecule has 2 bridgehead atoms. The number of fused-ring (bicyclic) bond motifs is 2. The Morgan fingerprint density at radius 2 is 1.89 bits per heavy atom. The van der Waals surface area contributed by atoms with Crippen molar-refractivity contribution in [1.29, 1.82) is 0 Å². The highest BCUT2D eigenvalue weighted by Crippen LogP contribution is 2.49. The van der Waals surface area contributed by atoms with E-state index in [1.54, 1.807) is 0 Å². The van der Waals surface area contributed by atoms with E-state index in [9.17, 15) is 4.79 Å². The second kappa shape index (κ2) is 6.03. The lowest BCUT2D eigenvalue weighted by Gasteiger charge is -2.22. The Balaban J connectivity index is 1.39. The molecule has 0 aromatic carbocycles. The number of halogens is 1. The predicted molar refractivity (Wildman–Crippen MR) is 78.1 cm³/mol. The van der Waals surface area contributed by atoms with Crippen molar-refractivity contribution in [2.75, 3.05) is 12.4 Å². The van der Waals surface area contributed by atoms with Crippen molar-refractivity contribution >= 4 is 17.5 Å². The first kappa shape index (κ1) is 13.7. The van der Waals surface area contributed by atoms with Gasteiger partial charge < -0.3 is 5.32 Å². The summed E-state index contributed by atoms with van der Waals surface area (Å²) >= 11 is 5.99. The molecule has 0 aromatic rings. The maximum atomic E-state index is 12.1. The average Bonchev–Trinajstić information content (AvgIpc) is 3.11. The first-order valence-electron chi connectivity index (χ1n) is 8.09. The standard InChI is InChI=1S/C16H26ClNO/c17-9-13-2-1-3-14(13)10-18-16(19)8-15-7-11-4-5-12(15)6-11/h11-15H,1-10H2,(H,18,19). The SMILES string of the molecule is O=C(CC1CC2CCC1C2)NCC1CCCC1CCl. The molecule has 0 aromatic heterocycles. The number of hydrogen-bond donors (Lipinski definition) is 1. The lowest BCUT2D eigenvalue weighted by Crippen LogP contribution is -2.33. The lowest BCUT2D eigenvalue weighted by molar-refractivity contribution is -0.122. The van der Waals surface area contributed by atoms with Gasteiger partial charge in [0.25, 0.3) is 0 Å². The number of alkyl halides is 1. The van der Waals surface area contributed by atoms with Gasteiger partial charge in [-0.15, -0.1) is 11.6 Å². The van der Waals surface area contributed by atoms with Crippen LogP contribution in [0.15, 0.2) is 0 Å². The van der Waals surface area contributed by atoms with E-state index in [0.29, 0.717) is 17.8 Å². The van der Waals surface area contributed by atoms with Crippen LogP contribution in [-0.4, -0.2) is 18.3 Å². The van der Waals surface area contributed by atoms with E-state index in [1.165, 1.54) is 44.9 Å². The number of hydrogen-bond acceptors (Lipinski definition) is 1. The molecule has 1 amide bonds. The third-order valence-electron chi connectivity index (χ3n) is 5.91. The minimum Gasteiger partial charge on any atom is -0.356 e. The van der Waals surface area contributed by atoms with Crippen molar-refractivity contribution < 1.29 is 4.79 Å². The quantitative estimate of drug-likeness (QED) is 0.768. The van der Waals surface area contributed by atoms with Crippen LogP contribution in [0.4, 0.5) is 0 Å². The summed E-state index contributed by atoms with van der Waals surface area (Å²) in [7, 11) is 0. The second-order valence-corrected chi connectivity index (χ2v) is 7.36. The molecule has 0 spiro atoms. The third kappa shape index (κ3) is 3.09. The molecular weight excluding hydrogens is 258 g/mol. The van der Waals surface area contributed by atoms with Crippen LogP contribution in [0.5, 0.6) is 0 Å². The zero-order chi connectivity index (χ0) is 13.2. The molecule has 19 heavy (non-hydrogen) atoms. The zero-order valence-corrected chi connectivity index (χ0v) is 12.5. The summed E-state index contributed by atoms with van der Waals surface area (Å²) in [6.07, 6.45) is 10.1. The summed E-state index contributed by atoms with van der Waals surface area (Å²) in [6, 6.07) is 0. The van der Waals surface area contributed by atoms with Crippen molar-refractivity contribution in [3.63, 3.8) is 0 Å². The van der Waals surface area contributed by atoms with Crippen LogP contribution in [0.1, 0.15) is 51.4 Å². The summed E-state index contributed by atoms with van der Waals surface area (Å²) < 4.78 is 0. The molecule has 5 unspecified atom stereocenters. The molecule has 0 saturated heterocycles. The largest absolute Gasteiger partial charge is 0.356 e. The van der Waals surface area contributed by atoms with Crippen LogP contribution >= 0.6 is 11.6 Å². The molecule has 5 atom stereocenters. The highest BCUT2D eigenvalue weighted by Gasteiger charge is 2.40. The minimum atomic E-state index is 0.290. The second-order valence-electron chi connectivity index (χ2n) is 7.05. The normalized spacial score (nSPS) is 40.8. The average molecular weight is 284 g/mol. The van der Waals surface area contributed by atoms with Gasteiger partial charge in [0.15, 0.2) is 0 Å². The van der Waals surface area contributed by atoms with Gasteiger partial charge in [-0.25, -0.2) is 0 Å². The number of rotatable bonds is 5. The Labute approximate surface area is 121 Å². The van der Waals surface area contributed by atoms with Gasteiger partial charge in [-0.05, 0) is 61.7 Å². The first-order chi connectivity index (χ1) is 9.26. The van der Waals surface area contributed by atoms with Crippen LogP contribution < -0.4 is 5.32 Å². The molecule has 3 rings (SSSR count). The van der Waals surface area contributed by atoms with Gasteiger partial charge in [-0.3, -0.25) is 4.79 Å². The van der Waals surface area contributed by atoms with Gasteiger partial charge in [-0.2, -0.15) is 0 Å². The van der Waals surface area contributed by atoms with Crippen molar-refractivity contribution in [2.24, 2.45) is 29.6 Å². The summed E-state index contributed by atoms with van der Waals surface area (Å²) in [4.78, 5) is 12.1. The number of carbonyl (C=O) groups excluding carboxylic acids is 1. The van der Waals surface area contributed by atoms with Crippen molar-refractivity contribution in [3.05, 3.63) is 0 Å². The maximum absolute atomic E-state index is 12.1. The molecule has 3 saturated carbocycles. The molecule has 3 aliphatic rings. The maximum Gasteiger partial charge on any atom is 0.220 e. The summed E-state index contributed by atoms with van der Waals surface area (Å²) in [5.41, 5.74) is 0. The van der Waals surface area contributed by atoms with E-state index in [-0.39, 0.29) is 5.91 Å². The molecule has 3 heteroatoms. The molecule has 0 aliphatic heterocycles. The topological polar surface area (TPSA) is 29.1 Å². The van der Waals surface area contributed by atoms with Gasteiger partial charge in [-0.1, -0.05) is 12.8 Å². The van der Waals surface area contributed by atoms with Crippen LogP contribution in [0.3, 0.4) is 0 Å². The van der Waals surface area contributed by atoms with Crippen LogP contribution in [0.2, 0.25) is 0 Å². The summed E-state index contributed by atoms with van der Waals surface area (Å²) in [5.74, 6) is 4.79. The Morgan fingerprint density at radius 3 is 2.58 bits per heavy atom. The highest BCUT2D eigenvalue weighted by molar-refractivity contribution is 6.18. The van der Waals surface area contributed by atoms with E-state index < -0.39 is 0 Å². The fraction of sp³-hybridized carbons (Fsp3) is 0.938. The molecule has 0 radical (unpaired) electrons. The van der Waals surface area contributed by atoms with Gasteiger partial charge in [0.1, 0.15) is 0 Å². The number of nitrogens with one attached hydrogen (secondary N) is 1. The Kier molecular flexibility index (Phi) is 4.36. The molecule has 2 nitrogen and oxygen atoms in total. The van der Waals surface area contributed by atoms with Gasteiger partial charge in [0.05, 0.1) is 0 Å². The van der Waals surface area contributed by atoms with Crippen LogP contribution in [0.25, 0.3) is 0 Å². The van der Waals surface area contributed by atoms with Crippen LogP contribution in [0, 0.1) is 29.6 Å². The fourth-order valence-corrected chi connectivity index (χ4v) is 5.17. The van der Waals surface area contributed by atoms with Crippen molar-refractivity contribution in [3.8, 4) is 0 Å². The Hall–Kier alpha value is -0.240. The van der Waals surface area contributed by atoms with Gasteiger partial charge in [0, 0.05) is 18.8 Å². The van der Waals surface area contributed by atoms with Gasteiger partial charge >= 0.3 is 0 Å². The van der Waals surface area contributed by atoms with E-state index in [2.05, 4.69) is 5.32 Å². The lowest BCUT2D eigenvalue weighted by atomic mass is 9.86. The van der Waals surface area contributed by atoms with Crippen LogP contribution in [-0.2, 0) is 4.79 Å². The van der Waals surface area contributed by atoms with Crippen molar-refractivity contribution in [1.82, 2.24) is 5.32 Å². The summed E-state index contributed by atoms with van der Waals surface area (Å²) in [5, 5.41) is 3.18. The molecule has 0 heterocycles. The van der Waals surface area contributed by atoms with Gasteiger partial charge in [0.2, 0.25) is 5.91 Å². The van der Waals surface area contributed by atoms with E-state index in [4.69, 9.17) is 11.6 Å². The van der Waals surface area contributed by atoms with E-state index in [0.717, 1.165) is 30.7 Å². The number of amides is 1. The van der Waals surface area contributed by atoms with E-state index >= 15 is 0 Å². The molecule has 1 N–H and O–H groups in total. The molecule has 3 aliphatic carbocycles. The highest BCUT2D eigenvalue weighted by atomic mass is 35.5. The first-order valence-corrected chi connectivity index (χ1v) is 8.62. The molecule has 108 valence electrons. The fourth-order valence-electron chi connectivity index (χ4n) is 4.77. The molecule has 3 fully saturated rings. The number of carbonyl (C=O) groups is 1.